The first kappa shape index (κ1) is 12.1. The second-order valence-electron chi connectivity index (χ2n) is 4.44. The van der Waals surface area contributed by atoms with Crippen molar-refractivity contribution in [3.8, 4) is 5.88 Å². The molecule has 1 fully saturated rings. The molecule has 0 aromatic carbocycles. The zero-order valence-electron chi connectivity index (χ0n) is 10.1. The van der Waals surface area contributed by atoms with E-state index in [1.165, 1.54) is 0 Å². The predicted octanol–water partition coefficient (Wildman–Crippen LogP) is 1.59. The van der Waals surface area contributed by atoms with Crippen LogP contribution in [0.3, 0.4) is 0 Å². The molecule has 2 N–H and O–H groups in total. The zero-order valence-corrected chi connectivity index (χ0v) is 10.1. The maximum Gasteiger partial charge on any atom is 0.226 e. The first-order valence-corrected chi connectivity index (χ1v) is 6.14. The van der Waals surface area contributed by atoms with E-state index in [4.69, 9.17) is 4.74 Å². The summed E-state index contributed by atoms with van der Waals surface area (Å²) in [4.78, 5) is 8.30. The van der Waals surface area contributed by atoms with Crippen LogP contribution in [0.5, 0.6) is 5.88 Å². The van der Waals surface area contributed by atoms with Crippen molar-refractivity contribution in [2.45, 2.75) is 38.2 Å². The molecule has 0 amide bonds. The molecular formula is C12H19N3O2. The number of nitrogens with one attached hydrogen (secondary N) is 1. The summed E-state index contributed by atoms with van der Waals surface area (Å²) in [6.07, 6.45) is 5.55. The van der Waals surface area contributed by atoms with Gasteiger partial charge < -0.3 is 15.2 Å². The molecule has 1 aromatic rings. The summed E-state index contributed by atoms with van der Waals surface area (Å²) in [7, 11) is 0. The third-order valence-corrected chi connectivity index (χ3v) is 3.03. The fourth-order valence-electron chi connectivity index (χ4n) is 2.11. The Morgan fingerprint density at radius 1 is 1.47 bits per heavy atom. The van der Waals surface area contributed by atoms with E-state index in [0.717, 1.165) is 25.7 Å². The molecule has 1 aliphatic carbocycles. The molecule has 0 atom stereocenters. The molecule has 5 nitrogen and oxygen atoms in total. The van der Waals surface area contributed by atoms with Crippen molar-refractivity contribution in [3.63, 3.8) is 0 Å². The smallest absolute Gasteiger partial charge is 0.226 e. The zero-order chi connectivity index (χ0) is 12.1. The van der Waals surface area contributed by atoms with E-state index < -0.39 is 5.60 Å². The van der Waals surface area contributed by atoms with Crippen molar-refractivity contribution >= 4 is 5.95 Å². The molecule has 2 rings (SSSR count). The van der Waals surface area contributed by atoms with Gasteiger partial charge in [-0.1, -0.05) is 12.8 Å². The molecule has 1 aliphatic rings. The van der Waals surface area contributed by atoms with Crippen molar-refractivity contribution in [2.75, 3.05) is 18.5 Å². The standard InChI is InChI=1S/C12H19N3O2/c1-2-17-10-5-8-13-11(15-10)14-9-12(16)6-3-4-7-12/h5,8,16H,2-4,6-7,9H2,1H3,(H,13,14,15). The molecular weight excluding hydrogens is 218 g/mol. The van der Waals surface area contributed by atoms with Crippen LogP contribution < -0.4 is 10.1 Å². The van der Waals surface area contributed by atoms with Crippen molar-refractivity contribution < 1.29 is 9.84 Å². The van der Waals surface area contributed by atoms with Gasteiger partial charge in [0.05, 0.1) is 12.2 Å². The lowest BCUT2D eigenvalue weighted by atomic mass is 10.0. The monoisotopic (exact) mass is 237 g/mol. The lowest BCUT2D eigenvalue weighted by molar-refractivity contribution is 0.0613. The van der Waals surface area contributed by atoms with E-state index in [-0.39, 0.29) is 0 Å². The van der Waals surface area contributed by atoms with E-state index >= 15 is 0 Å². The maximum atomic E-state index is 10.2. The highest BCUT2D eigenvalue weighted by Crippen LogP contribution is 2.29. The Balaban J connectivity index is 1.91. The van der Waals surface area contributed by atoms with Gasteiger partial charge in [0.15, 0.2) is 0 Å². The highest BCUT2D eigenvalue weighted by atomic mass is 16.5. The van der Waals surface area contributed by atoms with Crippen LogP contribution in [-0.4, -0.2) is 33.8 Å². The van der Waals surface area contributed by atoms with Gasteiger partial charge >= 0.3 is 0 Å². The van der Waals surface area contributed by atoms with Crippen molar-refractivity contribution in [1.82, 2.24) is 9.97 Å². The maximum absolute atomic E-state index is 10.2. The number of hydrogen-bond acceptors (Lipinski definition) is 5. The van der Waals surface area contributed by atoms with E-state index in [2.05, 4.69) is 15.3 Å². The average Bonchev–Trinajstić information content (AvgIpc) is 2.76. The molecule has 0 spiro atoms. The largest absolute Gasteiger partial charge is 0.478 e. The number of hydrogen-bond donors (Lipinski definition) is 2. The van der Waals surface area contributed by atoms with Gasteiger partial charge in [-0.25, -0.2) is 4.98 Å². The van der Waals surface area contributed by atoms with Crippen LogP contribution in [0.1, 0.15) is 32.6 Å². The normalized spacial score (nSPS) is 18.0. The molecule has 0 saturated heterocycles. The SMILES string of the molecule is CCOc1ccnc(NCC2(O)CCCC2)n1. The van der Waals surface area contributed by atoms with Crippen LogP contribution in [0.15, 0.2) is 12.3 Å². The Bertz CT molecular complexity index is 365. The Morgan fingerprint density at radius 2 is 2.24 bits per heavy atom. The first-order chi connectivity index (χ1) is 8.22. The Labute approximate surface area is 101 Å². The Kier molecular flexibility index (Phi) is 3.78. The van der Waals surface area contributed by atoms with Gasteiger partial charge in [-0.15, -0.1) is 0 Å². The van der Waals surface area contributed by atoms with Gasteiger partial charge in [0.1, 0.15) is 0 Å². The summed E-state index contributed by atoms with van der Waals surface area (Å²) in [6.45, 7) is 3.00. The summed E-state index contributed by atoms with van der Waals surface area (Å²) < 4.78 is 5.29. The molecule has 17 heavy (non-hydrogen) atoms. The van der Waals surface area contributed by atoms with Crippen LogP contribution in [0.4, 0.5) is 5.95 Å². The number of rotatable bonds is 5. The molecule has 94 valence electrons. The van der Waals surface area contributed by atoms with Gasteiger partial charge in [-0.2, -0.15) is 4.98 Å². The third-order valence-electron chi connectivity index (χ3n) is 3.03. The van der Waals surface area contributed by atoms with E-state index in [0.29, 0.717) is 25.0 Å². The third kappa shape index (κ3) is 3.30. The summed E-state index contributed by atoms with van der Waals surface area (Å²) in [5, 5.41) is 13.2. The quantitative estimate of drug-likeness (QED) is 0.814. The lowest BCUT2D eigenvalue weighted by Crippen LogP contribution is -2.33. The Hall–Kier alpha value is -1.36. The van der Waals surface area contributed by atoms with Crippen molar-refractivity contribution in [2.24, 2.45) is 0 Å². The summed E-state index contributed by atoms with van der Waals surface area (Å²) in [6, 6.07) is 1.72. The molecule has 1 aromatic heterocycles. The van der Waals surface area contributed by atoms with Crippen molar-refractivity contribution in [1.29, 1.82) is 0 Å². The van der Waals surface area contributed by atoms with Crippen LogP contribution in [-0.2, 0) is 0 Å². The number of ether oxygens (including phenoxy) is 1. The van der Waals surface area contributed by atoms with E-state index in [1.807, 2.05) is 6.92 Å². The number of aliphatic hydroxyl groups is 1. The van der Waals surface area contributed by atoms with Gasteiger partial charge in [0, 0.05) is 18.8 Å². The minimum Gasteiger partial charge on any atom is -0.478 e. The number of nitrogens with zero attached hydrogens (tertiary/aromatic N) is 2. The summed E-state index contributed by atoms with van der Waals surface area (Å²) in [5.41, 5.74) is -0.592. The van der Waals surface area contributed by atoms with Crippen molar-refractivity contribution in [3.05, 3.63) is 12.3 Å². The number of aromatic nitrogens is 2. The fraction of sp³-hybridized carbons (Fsp3) is 0.667. The van der Waals surface area contributed by atoms with Gasteiger partial charge in [0.2, 0.25) is 11.8 Å². The van der Waals surface area contributed by atoms with Crippen LogP contribution in [0.2, 0.25) is 0 Å². The fourth-order valence-corrected chi connectivity index (χ4v) is 2.11. The number of anilines is 1. The second kappa shape index (κ2) is 5.31. The van der Waals surface area contributed by atoms with Gasteiger partial charge in [-0.05, 0) is 19.8 Å². The van der Waals surface area contributed by atoms with E-state index in [9.17, 15) is 5.11 Å². The molecule has 5 heteroatoms. The van der Waals surface area contributed by atoms with Gasteiger partial charge in [-0.3, -0.25) is 0 Å². The Morgan fingerprint density at radius 3 is 2.94 bits per heavy atom. The molecule has 1 heterocycles. The second-order valence-corrected chi connectivity index (χ2v) is 4.44. The molecule has 1 saturated carbocycles. The molecule has 0 aliphatic heterocycles. The van der Waals surface area contributed by atoms with Crippen LogP contribution in [0.25, 0.3) is 0 Å². The predicted molar refractivity (Wildman–Crippen MR) is 65.1 cm³/mol. The highest BCUT2D eigenvalue weighted by Gasteiger charge is 2.30. The van der Waals surface area contributed by atoms with Crippen LogP contribution in [0, 0.1) is 0 Å². The topological polar surface area (TPSA) is 67.3 Å². The minimum absolute atomic E-state index is 0.503. The average molecular weight is 237 g/mol. The first-order valence-electron chi connectivity index (χ1n) is 6.14. The highest BCUT2D eigenvalue weighted by molar-refractivity contribution is 5.28. The minimum atomic E-state index is -0.592. The van der Waals surface area contributed by atoms with Crippen LogP contribution >= 0.6 is 0 Å². The van der Waals surface area contributed by atoms with Gasteiger partial charge in [0.25, 0.3) is 0 Å². The molecule has 0 bridgehead atoms. The summed E-state index contributed by atoms with van der Waals surface area (Å²) in [5.74, 6) is 1.07. The van der Waals surface area contributed by atoms with E-state index in [1.54, 1.807) is 12.3 Å². The molecule has 0 unspecified atom stereocenters. The lowest BCUT2D eigenvalue weighted by Gasteiger charge is -2.22. The molecule has 0 radical (unpaired) electrons. The summed E-state index contributed by atoms with van der Waals surface area (Å²) >= 11 is 0.